The predicted octanol–water partition coefficient (Wildman–Crippen LogP) is 1.13. The van der Waals surface area contributed by atoms with E-state index in [1.807, 2.05) is 28.9 Å². The van der Waals surface area contributed by atoms with Crippen LogP contribution in [0.3, 0.4) is 0 Å². The topological polar surface area (TPSA) is 61.6 Å². The van der Waals surface area contributed by atoms with Crippen LogP contribution in [0.2, 0.25) is 0 Å². The summed E-state index contributed by atoms with van der Waals surface area (Å²) < 4.78 is 1.82. The number of rotatable bonds is 5. The number of aryl methyl sites for hydroxylation is 2. The maximum atomic E-state index is 12.3. The minimum Gasteiger partial charge on any atom is -0.391 e. The van der Waals surface area contributed by atoms with Gasteiger partial charge in [-0.05, 0) is 17.9 Å². The third kappa shape index (κ3) is 5.32. The molecule has 2 heterocycles. The molecular formula is C17H30N4O2. The number of aliphatic hydroxyl groups excluding tert-OH is 1. The van der Waals surface area contributed by atoms with Gasteiger partial charge in [-0.3, -0.25) is 14.4 Å². The number of aromatic nitrogens is 2. The molecule has 0 saturated carbocycles. The third-order valence-electron chi connectivity index (χ3n) is 4.47. The van der Waals surface area contributed by atoms with E-state index in [0.717, 1.165) is 31.7 Å². The molecule has 0 aliphatic carbocycles. The van der Waals surface area contributed by atoms with Crippen LogP contribution in [0.25, 0.3) is 0 Å². The fraction of sp³-hybridized carbons (Fsp3) is 0.765. The van der Waals surface area contributed by atoms with Crippen molar-refractivity contribution >= 4 is 5.91 Å². The molecule has 0 unspecified atom stereocenters. The number of carbonyl (C=O) groups excluding carboxylic acids is 1. The normalized spacial score (nSPS) is 18.2. The average Bonchev–Trinajstić information content (AvgIpc) is 2.90. The summed E-state index contributed by atoms with van der Waals surface area (Å²) in [5, 5.41) is 14.4. The minimum atomic E-state index is -0.340. The minimum absolute atomic E-state index is 0.102. The SMILES string of the molecule is Cc1cnn(CCC(=O)N2CCN(C[C@H](O)C(C)(C)C)CC2)c1. The Hall–Kier alpha value is -1.40. The summed E-state index contributed by atoms with van der Waals surface area (Å²) in [6, 6.07) is 0. The highest BCUT2D eigenvalue weighted by Gasteiger charge is 2.27. The van der Waals surface area contributed by atoms with Crippen LogP contribution >= 0.6 is 0 Å². The Kier molecular flexibility index (Phi) is 5.81. The van der Waals surface area contributed by atoms with Crippen molar-refractivity contribution < 1.29 is 9.90 Å². The first-order chi connectivity index (χ1) is 10.8. The number of hydrogen-bond acceptors (Lipinski definition) is 4. The molecule has 0 aromatic carbocycles. The Bertz CT molecular complexity index is 513. The maximum Gasteiger partial charge on any atom is 0.224 e. The van der Waals surface area contributed by atoms with E-state index in [1.165, 1.54) is 0 Å². The molecule has 6 nitrogen and oxygen atoms in total. The Morgan fingerprint density at radius 2 is 1.96 bits per heavy atom. The number of hydrogen-bond donors (Lipinski definition) is 1. The van der Waals surface area contributed by atoms with E-state index in [1.54, 1.807) is 0 Å². The average molecular weight is 322 g/mol. The molecule has 1 aliphatic heterocycles. The van der Waals surface area contributed by atoms with Gasteiger partial charge in [0.1, 0.15) is 0 Å². The van der Waals surface area contributed by atoms with Crippen LogP contribution in [0, 0.1) is 12.3 Å². The van der Waals surface area contributed by atoms with Crippen molar-refractivity contribution in [3.63, 3.8) is 0 Å². The van der Waals surface area contributed by atoms with Crippen LogP contribution in [-0.2, 0) is 11.3 Å². The highest BCUT2D eigenvalue weighted by Crippen LogP contribution is 2.20. The molecule has 1 saturated heterocycles. The summed E-state index contributed by atoms with van der Waals surface area (Å²) in [5.74, 6) is 0.189. The van der Waals surface area contributed by atoms with Crippen molar-refractivity contribution in [2.24, 2.45) is 5.41 Å². The van der Waals surface area contributed by atoms with E-state index in [-0.39, 0.29) is 17.4 Å². The number of aliphatic hydroxyl groups is 1. The van der Waals surface area contributed by atoms with E-state index in [0.29, 0.717) is 19.5 Å². The van der Waals surface area contributed by atoms with Gasteiger partial charge in [-0.25, -0.2) is 0 Å². The summed E-state index contributed by atoms with van der Waals surface area (Å²) in [4.78, 5) is 16.5. The molecule has 1 aromatic heterocycles. The molecule has 130 valence electrons. The molecule has 1 atom stereocenters. The van der Waals surface area contributed by atoms with Gasteiger partial charge in [-0.15, -0.1) is 0 Å². The predicted molar refractivity (Wildman–Crippen MR) is 90.1 cm³/mol. The van der Waals surface area contributed by atoms with E-state index in [9.17, 15) is 9.90 Å². The van der Waals surface area contributed by atoms with Crippen LogP contribution in [0.15, 0.2) is 12.4 Å². The molecule has 1 fully saturated rings. The smallest absolute Gasteiger partial charge is 0.224 e. The molecule has 0 bridgehead atoms. The Morgan fingerprint density at radius 1 is 1.30 bits per heavy atom. The molecule has 6 heteroatoms. The summed E-state index contributed by atoms with van der Waals surface area (Å²) in [5.41, 5.74) is 1.01. The lowest BCUT2D eigenvalue weighted by Gasteiger charge is -2.38. The monoisotopic (exact) mass is 322 g/mol. The Balaban J connectivity index is 1.72. The van der Waals surface area contributed by atoms with Crippen molar-refractivity contribution in [2.75, 3.05) is 32.7 Å². The number of amides is 1. The lowest BCUT2D eigenvalue weighted by Crippen LogP contribution is -2.51. The fourth-order valence-corrected chi connectivity index (χ4v) is 2.66. The van der Waals surface area contributed by atoms with E-state index in [4.69, 9.17) is 0 Å². The molecular weight excluding hydrogens is 292 g/mol. The zero-order chi connectivity index (χ0) is 17.0. The lowest BCUT2D eigenvalue weighted by atomic mass is 9.89. The van der Waals surface area contributed by atoms with Crippen LogP contribution in [0.5, 0.6) is 0 Å². The van der Waals surface area contributed by atoms with Gasteiger partial charge < -0.3 is 10.0 Å². The lowest BCUT2D eigenvalue weighted by molar-refractivity contribution is -0.133. The standard InChI is InChI=1S/C17H30N4O2/c1-14-11-18-21(12-14)6-5-16(23)20-9-7-19(8-10-20)13-15(22)17(2,3)4/h11-12,15,22H,5-10,13H2,1-4H3/t15-/m0/s1. The van der Waals surface area contributed by atoms with Gasteiger partial charge in [0.2, 0.25) is 5.91 Å². The van der Waals surface area contributed by atoms with Gasteiger partial charge in [0.15, 0.2) is 0 Å². The second-order valence-corrected chi connectivity index (χ2v) is 7.59. The molecule has 1 amide bonds. The second kappa shape index (κ2) is 7.45. The number of β-amino-alcohol motifs (C(OH)–C–C–N with tert-alkyl or cyclic N) is 1. The first-order valence-corrected chi connectivity index (χ1v) is 8.43. The molecule has 1 N–H and O–H groups in total. The Labute approximate surface area is 139 Å². The van der Waals surface area contributed by atoms with Crippen molar-refractivity contribution in [3.05, 3.63) is 18.0 Å². The van der Waals surface area contributed by atoms with Crippen LogP contribution in [0.4, 0.5) is 0 Å². The zero-order valence-electron chi connectivity index (χ0n) is 14.8. The number of piperazine rings is 1. The fourth-order valence-electron chi connectivity index (χ4n) is 2.66. The van der Waals surface area contributed by atoms with Crippen molar-refractivity contribution in [1.29, 1.82) is 0 Å². The number of carbonyl (C=O) groups is 1. The largest absolute Gasteiger partial charge is 0.391 e. The van der Waals surface area contributed by atoms with Gasteiger partial charge in [-0.1, -0.05) is 20.8 Å². The third-order valence-corrected chi connectivity index (χ3v) is 4.47. The highest BCUT2D eigenvalue weighted by atomic mass is 16.3. The Morgan fingerprint density at radius 3 is 2.48 bits per heavy atom. The second-order valence-electron chi connectivity index (χ2n) is 7.59. The van der Waals surface area contributed by atoms with Crippen LogP contribution in [0.1, 0.15) is 32.8 Å². The molecule has 1 aromatic rings. The van der Waals surface area contributed by atoms with E-state index >= 15 is 0 Å². The van der Waals surface area contributed by atoms with Gasteiger partial charge in [0.05, 0.1) is 12.3 Å². The maximum absolute atomic E-state index is 12.3. The van der Waals surface area contributed by atoms with Gasteiger partial charge in [-0.2, -0.15) is 5.10 Å². The van der Waals surface area contributed by atoms with Gasteiger partial charge in [0.25, 0.3) is 0 Å². The highest BCUT2D eigenvalue weighted by molar-refractivity contribution is 5.76. The molecule has 2 rings (SSSR count). The number of nitrogens with zero attached hydrogens (tertiary/aromatic N) is 4. The van der Waals surface area contributed by atoms with E-state index in [2.05, 4.69) is 30.8 Å². The molecule has 0 radical (unpaired) electrons. The van der Waals surface area contributed by atoms with Gasteiger partial charge >= 0.3 is 0 Å². The van der Waals surface area contributed by atoms with Crippen LogP contribution in [-0.4, -0.2) is 69.4 Å². The summed E-state index contributed by atoms with van der Waals surface area (Å²) >= 11 is 0. The zero-order valence-corrected chi connectivity index (χ0v) is 14.8. The molecule has 0 spiro atoms. The van der Waals surface area contributed by atoms with Crippen LogP contribution < -0.4 is 0 Å². The quantitative estimate of drug-likeness (QED) is 0.883. The van der Waals surface area contributed by atoms with E-state index < -0.39 is 0 Å². The van der Waals surface area contributed by atoms with Gasteiger partial charge in [0, 0.05) is 51.9 Å². The summed E-state index contributed by atoms with van der Waals surface area (Å²) in [6.45, 7) is 12.6. The molecule has 23 heavy (non-hydrogen) atoms. The van der Waals surface area contributed by atoms with Crippen molar-refractivity contribution in [2.45, 2.75) is 46.8 Å². The summed E-state index contributed by atoms with van der Waals surface area (Å²) in [7, 11) is 0. The van der Waals surface area contributed by atoms with Crippen molar-refractivity contribution in [3.8, 4) is 0 Å². The van der Waals surface area contributed by atoms with Crippen molar-refractivity contribution in [1.82, 2.24) is 19.6 Å². The first-order valence-electron chi connectivity index (χ1n) is 8.43. The first kappa shape index (κ1) is 17.9. The summed E-state index contributed by atoms with van der Waals surface area (Å²) in [6.07, 6.45) is 3.92. The molecule has 1 aliphatic rings.